The van der Waals surface area contributed by atoms with Crippen molar-refractivity contribution in [3.8, 4) is 0 Å². The van der Waals surface area contributed by atoms with Crippen LogP contribution in [-0.4, -0.2) is 42.4 Å². The van der Waals surface area contributed by atoms with Gasteiger partial charge in [0.25, 0.3) is 0 Å². The standard InChI is InChI=1S/C15H23N2/c1-13-9-10-17(12-15(13)16(2)3)11-14-7-5-4-6-8-14/h4-8,13,15H,2,9-12H2,1,3H3/q+1/t13-,15+/m1/s1. The third kappa shape index (κ3) is 3.16. The number of hydrogen-bond donors (Lipinski definition) is 0. The fourth-order valence-corrected chi connectivity index (χ4v) is 2.67. The molecule has 0 unspecified atom stereocenters. The van der Waals surface area contributed by atoms with E-state index >= 15 is 0 Å². The lowest BCUT2D eigenvalue weighted by atomic mass is 9.93. The molecule has 0 aliphatic carbocycles. The van der Waals surface area contributed by atoms with Crippen molar-refractivity contribution in [3.63, 3.8) is 0 Å². The van der Waals surface area contributed by atoms with Gasteiger partial charge in [-0.3, -0.25) is 4.90 Å². The third-order valence-corrected chi connectivity index (χ3v) is 3.82. The molecule has 1 aliphatic heterocycles. The lowest BCUT2D eigenvalue weighted by Gasteiger charge is -2.34. The highest BCUT2D eigenvalue weighted by Gasteiger charge is 2.31. The van der Waals surface area contributed by atoms with Crippen LogP contribution in [0.1, 0.15) is 18.9 Å². The Labute approximate surface area is 105 Å². The van der Waals surface area contributed by atoms with Crippen molar-refractivity contribution in [2.75, 3.05) is 20.1 Å². The van der Waals surface area contributed by atoms with E-state index in [4.69, 9.17) is 0 Å². The van der Waals surface area contributed by atoms with Crippen LogP contribution < -0.4 is 0 Å². The Morgan fingerprint density at radius 1 is 1.35 bits per heavy atom. The van der Waals surface area contributed by atoms with E-state index in [1.165, 1.54) is 18.5 Å². The van der Waals surface area contributed by atoms with Gasteiger partial charge in [-0.2, -0.15) is 0 Å². The molecule has 1 fully saturated rings. The molecule has 17 heavy (non-hydrogen) atoms. The molecule has 92 valence electrons. The number of likely N-dealkylation sites (tertiary alicyclic amines) is 1. The van der Waals surface area contributed by atoms with E-state index in [0.29, 0.717) is 6.04 Å². The molecule has 0 N–H and O–H groups in total. The van der Waals surface area contributed by atoms with E-state index in [0.717, 1.165) is 19.0 Å². The van der Waals surface area contributed by atoms with E-state index < -0.39 is 0 Å². The average Bonchev–Trinajstić information content (AvgIpc) is 2.32. The molecule has 2 rings (SSSR count). The summed E-state index contributed by atoms with van der Waals surface area (Å²) < 4.78 is 2.13. The van der Waals surface area contributed by atoms with Crippen molar-refractivity contribution in [1.82, 2.24) is 4.90 Å². The molecule has 1 aromatic carbocycles. The first-order chi connectivity index (χ1) is 8.16. The molecule has 1 aliphatic rings. The molecule has 2 atom stereocenters. The maximum Gasteiger partial charge on any atom is 0.166 e. The Morgan fingerprint density at radius 3 is 2.71 bits per heavy atom. The van der Waals surface area contributed by atoms with Gasteiger partial charge in [0.2, 0.25) is 0 Å². The summed E-state index contributed by atoms with van der Waals surface area (Å²) in [5, 5.41) is 0. The zero-order chi connectivity index (χ0) is 12.3. The zero-order valence-electron chi connectivity index (χ0n) is 11.0. The van der Waals surface area contributed by atoms with Crippen molar-refractivity contribution in [2.45, 2.75) is 25.9 Å². The summed E-state index contributed by atoms with van der Waals surface area (Å²) in [5.74, 6) is 0.754. The summed E-state index contributed by atoms with van der Waals surface area (Å²) in [4.78, 5) is 2.54. The number of benzene rings is 1. The minimum absolute atomic E-state index is 0.590. The predicted molar refractivity (Wildman–Crippen MR) is 72.6 cm³/mol. The average molecular weight is 231 g/mol. The van der Waals surface area contributed by atoms with Crippen molar-refractivity contribution < 1.29 is 4.58 Å². The molecule has 1 heterocycles. The maximum atomic E-state index is 4.06. The molecule has 0 aromatic heterocycles. The van der Waals surface area contributed by atoms with E-state index in [2.05, 4.69) is 60.5 Å². The second kappa shape index (κ2) is 5.46. The SMILES string of the molecule is C=[N+](C)[C@H]1CN(Cc2ccccc2)CC[C@H]1C. The first-order valence-electron chi connectivity index (χ1n) is 6.46. The lowest BCUT2D eigenvalue weighted by Crippen LogP contribution is -2.46. The summed E-state index contributed by atoms with van der Waals surface area (Å²) in [6.07, 6.45) is 1.28. The molecular formula is C15H23N2+. The smallest absolute Gasteiger partial charge is 0.166 e. The fourth-order valence-electron chi connectivity index (χ4n) is 2.67. The monoisotopic (exact) mass is 231 g/mol. The second-order valence-corrected chi connectivity index (χ2v) is 5.31. The Kier molecular flexibility index (Phi) is 3.95. The van der Waals surface area contributed by atoms with Gasteiger partial charge in [0.1, 0.15) is 13.8 Å². The Morgan fingerprint density at radius 2 is 2.06 bits per heavy atom. The zero-order valence-corrected chi connectivity index (χ0v) is 11.0. The molecule has 2 nitrogen and oxygen atoms in total. The van der Waals surface area contributed by atoms with Gasteiger partial charge in [-0.1, -0.05) is 37.3 Å². The molecule has 0 saturated carbocycles. The number of piperidine rings is 1. The van der Waals surface area contributed by atoms with Gasteiger partial charge in [0.15, 0.2) is 6.04 Å². The molecule has 1 aromatic rings. The van der Waals surface area contributed by atoms with Gasteiger partial charge in [-0.05, 0) is 18.5 Å². The minimum atomic E-state index is 0.590. The van der Waals surface area contributed by atoms with Crippen LogP contribution >= 0.6 is 0 Å². The number of hydrogen-bond acceptors (Lipinski definition) is 1. The summed E-state index contributed by atoms with van der Waals surface area (Å²) >= 11 is 0. The second-order valence-electron chi connectivity index (χ2n) is 5.31. The van der Waals surface area contributed by atoms with Crippen LogP contribution in [0.4, 0.5) is 0 Å². The van der Waals surface area contributed by atoms with Crippen molar-refractivity contribution in [1.29, 1.82) is 0 Å². The van der Waals surface area contributed by atoms with Gasteiger partial charge in [0, 0.05) is 12.5 Å². The molecule has 2 heteroatoms. The van der Waals surface area contributed by atoms with Crippen LogP contribution in [0.5, 0.6) is 0 Å². The predicted octanol–water partition coefficient (Wildman–Crippen LogP) is 2.24. The van der Waals surface area contributed by atoms with E-state index in [-0.39, 0.29) is 0 Å². The van der Waals surface area contributed by atoms with Crippen LogP contribution in [0.15, 0.2) is 30.3 Å². The number of nitrogens with zero attached hydrogens (tertiary/aromatic N) is 2. The number of likely N-dealkylation sites (N-methyl/N-ethyl adjacent to an activating group) is 1. The Balaban J connectivity index is 1.97. The molecule has 1 saturated heterocycles. The highest BCUT2D eigenvalue weighted by atomic mass is 15.2. The van der Waals surface area contributed by atoms with Gasteiger partial charge in [-0.15, -0.1) is 0 Å². The quantitative estimate of drug-likeness (QED) is 0.571. The van der Waals surface area contributed by atoms with Gasteiger partial charge in [-0.25, -0.2) is 4.58 Å². The van der Waals surface area contributed by atoms with Crippen molar-refractivity contribution >= 4 is 6.72 Å². The van der Waals surface area contributed by atoms with E-state index in [9.17, 15) is 0 Å². The Bertz CT molecular complexity index is 372. The number of rotatable bonds is 3. The molecule has 0 bridgehead atoms. The molecule has 0 amide bonds. The van der Waals surface area contributed by atoms with Crippen LogP contribution in [0.2, 0.25) is 0 Å². The van der Waals surface area contributed by atoms with E-state index in [1.54, 1.807) is 0 Å². The van der Waals surface area contributed by atoms with Gasteiger partial charge in [0.05, 0.1) is 6.54 Å². The van der Waals surface area contributed by atoms with Gasteiger partial charge < -0.3 is 0 Å². The highest BCUT2D eigenvalue weighted by molar-refractivity contribution is 5.15. The van der Waals surface area contributed by atoms with Crippen LogP contribution in [-0.2, 0) is 6.54 Å². The molecular weight excluding hydrogens is 208 g/mol. The first-order valence-corrected chi connectivity index (χ1v) is 6.46. The molecule has 0 radical (unpaired) electrons. The summed E-state index contributed by atoms with van der Waals surface area (Å²) in [6.45, 7) is 9.81. The van der Waals surface area contributed by atoms with Gasteiger partial charge >= 0.3 is 0 Å². The summed E-state index contributed by atoms with van der Waals surface area (Å²) in [6, 6.07) is 11.3. The maximum absolute atomic E-state index is 4.06. The molecule has 0 spiro atoms. The largest absolute Gasteiger partial charge is 0.293 e. The third-order valence-electron chi connectivity index (χ3n) is 3.82. The lowest BCUT2D eigenvalue weighted by molar-refractivity contribution is -0.542. The van der Waals surface area contributed by atoms with Crippen LogP contribution in [0, 0.1) is 5.92 Å². The highest BCUT2D eigenvalue weighted by Crippen LogP contribution is 2.20. The van der Waals surface area contributed by atoms with Crippen LogP contribution in [0.25, 0.3) is 0 Å². The van der Waals surface area contributed by atoms with E-state index in [1.807, 2.05) is 0 Å². The topological polar surface area (TPSA) is 6.25 Å². The fraction of sp³-hybridized carbons (Fsp3) is 0.533. The van der Waals surface area contributed by atoms with Crippen molar-refractivity contribution in [2.24, 2.45) is 5.92 Å². The minimum Gasteiger partial charge on any atom is -0.293 e. The normalized spacial score (nSPS) is 25.8. The first kappa shape index (κ1) is 12.3. The summed E-state index contributed by atoms with van der Waals surface area (Å²) in [7, 11) is 2.09. The van der Waals surface area contributed by atoms with Crippen LogP contribution in [0.3, 0.4) is 0 Å². The van der Waals surface area contributed by atoms with Crippen molar-refractivity contribution in [3.05, 3.63) is 35.9 Å². The summed E-state index contributed by atoms with van der Waals surface area (Å²) in [5.41, 5.74) is 1.41. The Hall–Kier alpha value is -1.15.